The lowest BCUT2D eigenvalue weighted by atomic mass is 9.99. The van der Waals surface area contributed by atoms with Crippen molar-refractivity contribution in [2.24, 2.45) is 5.92 Å². The number of hydrogen-bond acceptors (Lipinski definition) is 2. The van der Waals surface area contributed by atoms with Crippen molar-refractivity contribution in [1.29, 1.82) is 0 Å². The predicted molar refractivity (Wildman–Crippen MR) is 71.8 cm³/mol. The van der Waals surface area contributed by atoms with Gasteiger partial charge in [-0.1, -0.05) is 24.4 Å². The van der Waals surface area contributed by atoms with E-state index in [9.17, 15) is 0 Å². The van der Waals surface area contributed by atoms with Crippen LogP contribution < -0.4 is 10.1 Å². The molecule has 0 aliphatic heterocycles. The fraction of sp³-hybridized carbons (Fsp3) is 0.571. The lowest BCUT2D eigenvalue weighted by Crippen LogP contribution is -2.37. The summed E-state index contributed by atoms with van der Waals surface area (Å²) in [4.78, 5) is 0. The molecule has 1 fully saturated rings. The third-order valence-electron chi connectivity index (χ3n) is 3.58. The van der Waals surface area contributed by atoms with E-state index in [1.54, 1.807) is 0 Å². The zero-order chi connectivity index (χ0) is 12.1. The molecule has 17 heavy (non-hydrogen) atoms. The van der Waals surface area contributed by atoms with Gasteiger partial charge in [-0.15, -0.1) is 0 Å². The van der Waals surface area contributed by atoms with Gasteiger partial charge in [-0.25, -0.2) is 0 Å². The average Bonchev–Trinajstić information content (AvgIpc) is 2.86. The van der Waals surface area contributed by atoms with Crippen LogP contribution in [0.2, 0.25) is 5.02 Å². The van der Waals surface area contributed by atoms with Gasteiger partial charge in [-0.3, -0.25) is 0 Å². The second-order valence-corrected chi connectivity index (χ2v) is 5.14. The molecule has 1 saturated carbocycles. The van der Waals surface area contributed by atoms with E-state index in [2.05, 4.69) is 5.32 Å². The van der Waals surface area contributed by atoms with Crippen molar-refractivity contribution >= 4 is 11.6 Å². The molecule has 2 nitrogen and oxygen atoms in total. The molecule has 94 valence electrons. The van der Waals surface area contributed by atoms with E-state index in [-0.39, 0.29) is 0 Å². The molecule has 1 aromatic rings. The van der Waals surface area contributed by atoms with Crippen LogP contribution in [0.3, 0.4) is 0 Å². The summed E-state index contributed by atoms with van der Waals surface area (Å²) in [7, 11) is 2.02. The molecule has 2 rings (SSSR count). The van der Waals surface area contributed by atoms with E-state index >= 15 is 0 Å². The zero-order valence-electron chi connectivity index (χ0n) is 10.3. The quantitative estimate of drug-likeness (QED) is 0.867. The Morgan fingerprint density at radius 1 is 1.29 bits per heavy atom. The first kappa shape index (κ1) is 12.7. The maximum atomic E-state index is 5.84. The highest BCUT2D eigenvalue weighted by Crippen LogP contribution is 2.28. The molecule has 0 radical (unpaired) electrons. The number of halogens is 1. The average molecular weight is 254 g/mol. The van der Waals surface area contributed by atoms with E-state index in [4.69, 9.17) is 16.3 Å². The topological polar surface area (TPSA) is 21.3 Å². The van der Waals surface area contributed by atoms with Crippen LogP contribution in [0.1, 0.15) is 25.7 Å². The van der Waals surface area contributed by atoms with Gasteiger partial charge in [0.15, 0.2) is 0 Å². The van der Waals surface area contributed by atoms with Gasteiger partial charge in [-0.05, 0) is 50.1 Å². The van der Waals surface area contributed by atoms with Gasteiger partial charge in [0.25, 0.3) is 0 Å². The first-order chi connectivity index (χ1) is 8.29. The zero-order valence-corrected chi connectivity index (χ0v) is 11.0. The highest BCUT2D eigenvalue weighted by Gasteiger charge is 2.24. The lowest BCUT2D eigenvalue weighted by Gasteiger charge is -2.23. The summed E-state index contributed by atoms with van der Waals surface area (Å²) in [6.07, 6.45) is 5.39. The van der Waals surface area contributed by atoms with E-state index in [1.165, 1.54) is 25.7 Å². The molecule has 0 aromatic heterocycles. The molecule has 0 bridgehead atoms. The first-order valence-electron chi connectivity index (χ1n) is 6.35. The van der Waals surface area contributed by atoms with E-state index in [1.807, 2.05) is 31.3 Å². The molecule has 0 saturated heterocycles. The molecule has 1 unspecified atom stereocenters. The highest BCUT2D eigenvalue weighted by atomic mass is 35.5. The minimum atomic E-state index is 0.466. The molecule has 1 aromatic carbocycles. The van der Waals surface area contributed by atoms with Crippen LogP contribution in [-0.4, -0.2) is 19.7 Å². The monoisotopic (exact) mass is 253 g/mol. The smallest absolute Gasteiger partial charge is 0.119 e. The molecular weight excluding hydrogens is 234 g/mol. The number of likely N-dealkylation sites (N-methyl/N-ethyl adjacent to an activating group) is 1. The Hall–Kier alpha value is -0.730. The molecule has 1 atom stereocenters. The van der Waals surface area contributed by atoms with Crippen LogP contribution in [0, 0.1) is 5.92 Å². The predicted octanol–water partition coefficient (Wildman–Crippen LogP) is 3.50. The molecule has 3 heteroatoms. The van der Waals surface area contributed by atoms with E-state index in [0.717, 1.165) is 23.3 Å². The molecule has 0 amide bonds. The van der Waals surface area contributed by atoms with Gasteiger partial charge in [0.1, 0.15) is 12.4 Å². The van der Waals surface area contributed by atoms with Crippen LogP contribution in [0.15, 0.2) is 24.3 Å². The Balaban J connectivity index is 1.84. The number of ether oxygens (including phenoxy) is 1. The molecule has 1 aliphatic rings. The van der Waals surface area contributed by atoms with Gasteiger partial charge < -0.3 is 10.1 Å². The Labute approximate surface area is 108 Å². The first-order valence-corrected chi connectivity index (χ1v) is 6.73. The van der Waals surface area contributed by atoms with Crippen molar-refractivity contribution in [3.05, 3.63) is 29.3 Å². The highest BCUT2D eigenvalue weighted by molar-refractivity contribution is 6.30. The van der Waals surface area contributed by atoms with Gasteiger partial charge in [0, 0.05) is 11.1 Å². The summed E-state index contributed by atoms with van der Waals surface area (Å²) in [6.45, 7) is 0.739. The van der Waals surface area contributed by atoms with Gasteiger partial charge >= 0.3 is 0 Å². The maximum Gasteiger partial charge on any atom is 0.119 e. The van der Waals surface area contributed by atoms with Crippen molar-refractivity contribution in [3.8, 4) is 5.75 Å². The summed E-state index contributed by atoms with van der Waals surface area (Å²) in [5.74, 6) is 1.67. The number of hydrogen-bond donors (Lipinski definition) is 1. The van der Waals surface area contributed by atoms with Crippen molar-refractivity contribution in [2.45, 2.75) is 31.7 Å². The van der Waals surface area contributed by atoms with E-state index in [0.29, 0.717) is 6.04 Å². The Morgan fingerprint density at radius 3 is 2.53 bits per heavy atom. The van der Waals surface area contributed by atoms with Crippen molar-refractivity contribution in [2.75, 3.05) is 13.7 Å². The third-order valence-corrected chi connectivity index (χ3v) is 3.83. The minimum Gasteiger partial charge on any atom is -0.492 e. The van der Waals surface area contributed by atoms with Crippen LogP contribution >= 0.6 is 11.6 Å². The Bertz CT molecular complexity index is 333. The Kier molecular flexibility index (Phi) is 4.69. The third kappa shape index (κ3) is 3.62. The standard InChI is InChI=1S/C14H20ClNO/c1-16-14(11-4-2-3-5-11)10-17-13-8-6-12(15)7-9-13/h6-9,11,14,16H,2-5,10H2,1H3. The second kappa shape index (κ2) is 6.27. The molecule has 0 spiro atoms. The maximum absolute atomic E-state index is 5.84. The van der Waals surface area contributed by atoms with Gasteiger partial charge in [0.2, 0.25) is 0 Å². The molecular formula is C14H20ClNO. The molecule has 1 N–H and O–H groups in total. The number of benzene rings is 1. The number of rotatable bonds is 5. The summed E-state index contributed by atoms with van der Waals surface area (Å²) in [5, 5.41) is 4.12. The molecule has 0 heterocycles. The van der Waals surface area contributed by atoms with Crippen LogP contribution in [0.5, 0.6) is 5.75 Å². The normalized spacial score (nSPS) is 18.2. The second-order valence-electron chi connectivity index (χ2n) is 4.70. The molecule has 1 aliphatic carbocycles. The fourth-order valence-corrected chi connectivity index (χ4v) is 2.66. The van der Waals surface area contributed by atoms with Crippen LogP contribution in [-0.2, 0) is 0 Å². The largest absolute Gasteiger partial charge is 0.492 e. The summed E-state index contributed by atoms with van der Waals surface area (Å²) in [6, 6.07) is 8.03. The van der Waals surface area contributed by atoms with Crippen molar-refractivity contribution in [3.63, 3.8) is 0 Å². The number of nitrogens with one attached hydrogen (secondary N) is 1. The van der Waals surface area contributed by atoms with Gasteiger partial charge in [-0.2, -0.15) is 0 Å². The van der Waals surface area contributed by atoms with Crippen LogP contribution in [0.4, 0.5) is 0 Å². The summed E-state index contributed by atoms with van der Waals surface area (Å²) >= 11 is 5.84. The van der Waals surface area contributed by atoms with E-state index < -0.39 is 0 Å². The van der Waals surface area contributed by atoms with Gasteiger partial charge in [0.05, 0.1) is 0 Å². The van der Waals surface area contributed by atoms with Crippen LogP contribution in [0.25, 0.3) is 0 Å². The summed E-state index contributed by atoms with van der Waals surface area (Å²) in [5.41, 5.74) is 0. The van der Waals surface area contributed by atoms with Crippen molar-refractivity contribution < 1.29 is 4.74 Å². The summed E-state index contributed by atoms with van der Waals surface area (Å²) < 4.78 is 5.81. The Morgan fingerprint density at radius 2 is 1.94 bits per heavy atom. The SMILES string of the molecule is CNC(COc1ccc(Cl)cc1)C1CCCC1. The van der Waals surface area contributed by atoms with Crippen molar-refractivity contribution in [1.82, 2.24) is 5.32 Å². The minimum absolute atomic E-state index is 0.466. The fourth-order valence-electron chi connectivity index (χ4n) is 2.53. The lowest BCUT2D eigenvalue weighted by molar-refractivity contribution is 0.225.